The predicted molar refractivity (Wildman–Crippen MR) is 89.6 cm³/mol. The molecule has 0 spiro atoms. The summed E-state index contributed by atoms with van der Waals surface area (Å²) in [5.74, 6) is -2.40. The summed E-state index contributed by atoms with van der Waals surface area (Å²) >= 11 is 1.57. The van der Waals surface area contributed by atoms with E-state index in [0.29, 0.717) is 13.0 Å². The number of aliphatic carboxylic acids is 1. The van der Waals surface area contributed by atoms with Crippen molar-refractivity contribution in [1.29, 1.82) is 0 Å². The third-order valence-corrected chi connectivity index (χ3v) is 5.22. The van der Waals surface area contributed by atoms with Crippen LogP contribution in [0.15, 0.2) is 35.2 Å². The van der Waals surface area contributed by atoms with Crippen molar-refractivity contribution < 1.29 is 24.2 Å². The fraction of sp³-hybridized carbons (Fsp3) is 0.471. The van der Waals surface area contributed by atoms with E-state index in [0.717, 1.165) is 4.90 Å². The van der Waals surface area contributed by atoms with Crippen LogP contribution in [0.4, 0.5) is 0 Å². The number of hydrogen-bond donors (Lipinski definition) is 1. The fourth-order valence-electron chi connectivity index (χ4n) is 2.76. The summed E-state index contributed by atoms with van der Waals surface area (Å²) in [6, 6.07) is 8.85. The molecule has 130 valence electrons. The molecule has 7 heteroatoms. The van der Waals surface area contributed by atoms with Gasteiger partial charge in [-0.3, -0.25) is 9.59 Å². The lowest BCUT2D eigenvalue weighted by atomic mass is 10.1. The molecule has 1 aromatic rings. The zero-order chi connectivity index (χ0) is 17.7. The van der Waals surface area contributed by atoms with Crippen molar-refractivity contribution in [2.75, 3.05) is 13.7 Å². The highest BCUT2D eigenvalue weighted by atomic mass is 32.2. The lowest BCUT2D eigenvalue weighted by Gasteiger charge is -2.24. The smallest absolute Gasteiger partial charge is 0.326 e. The monoisotopic (exact) mass is 351 g/mol. The second kappa shape index (κ2) is 8.19. The Morgan fingerprint density at radius 2 is 2.00 bits per heavy atom. The Balaban J connectivity index is 2.05. The molecule has 24 heavy (non-hydrogen) atoms. The van der Waals surface area contributed by atoms with Gasteiger partial charge < -0.3 is 14.7 Å². The number of carbonyl (C=O) groups is 3. The van der Waals surface area contributed by atoms with E-state index in [1.165, 1.54) is 12.0 Å². The second-order valence-corrected chi connectivity index (χ2v) is 7.19. The maximum absolute atomic E-state index is 12.6. The lowest BCUT2D eigenvalue weighted by Crippen LogP contribution is -2.43. The van der Waals surface area contributed by atoms with Crippen LogP contribution >= 0.6 is 11.8 Å². The summed E-state index contributed by atoms with van der Waals surface area (Å²) < 4.78 is 4.58. The van der Waals surface area contributed by atoms with E-state index in [4.69, 9.17) is 0 Å². The number of carboxylic acids is 1. The van der Waals surface area contributed by atoms with Gasteiger partial charge in [0.1, 0.15) is 6.04 Å². The van der Waals surface area contributed by atoms with Gasteiger partial charge in [0.2, 0.25) is 5.91 Å². The summed E-state index contributed by atoms with van der Waals surface area (Å²) in [5.41, 5.74) is 0. The minimum Gasteiger partial charge on any atom is -0.480 e. The lowest BCUT2D eigenvalue weighted by molar-refractivity contribution is -0.151. The molecule has 1 aliphatic heterocycles. The van der Waals surface area contributed by atoms with E-state index in [2.05, 4.69) is 4.74 Å². The van der Waals surface area contributed by atoms with Crippen molar-refractivity contribution in [1.82, 2.24) is 4.90 Å². The molecule has 0 aliphatic carbocycles. The van der Waals surface area contributed by atoms with Crippen molar-refractivity contribution in [3.8, 4) is 0 Å². The van der Waals surface area contributed by atoms with Gasteiger partial charge in [-0.15, -0.1) is 11.8 Å². The minimum atomic E-state index is -1.01. The molecule has 1 N–H and O–H groups in total. The van der Waals surface area contributed by atoms with Gasteiger partial charge in [0.15, 0.2) is 0 Å². The first-order valence-corrected chi connectivity index (χ1v) is 8.62. The number of rotatable bonds is 6. The van der Waals surface area contributed by atoms with Gasteiger partial charge in [-0.1, -0.05) is 25.1 Å². The summed E-state index contributed by atoms with van der Waals surface area (Å²) in [6.45, 7) is 1.98. The summed E-state index contributed by atoms with van der Waals surface area (Å²) in [6.07, 6.45) is 0.347. The van der Waals surface area contributed by atoms with Crippen LogP contribution in [0.3, 0.4) is 0 Å². The van der Waals surface area contributed by atoms with Crippen LogP contribution in [0, 0.1) is 5.92 Å². The van der Waals surface area contributed by atoms with Crippen LogP contribution in [-0.4, -0.2) is 52.8 Å². The first kappa shape index (κ1) is 18.3. The number of amides is 1. The zero-order valence-corrected chi connectivity index (χ0v) is 14.5. The van der Waals surface area contributed by atoms with Crippen molar-refractivity contribution in [2.24, 2.45) is 5.92 Å². The van der Waals surface area contributed by atoms with E-state index in [1.54, 1.807) is 18.7 Å². The summed E-state index contributed by atoms with van der Waals surface area (Å²) in [4.78, 5) is 37.9. The van der Waals surface area contributed by atoms with E-state index in [1.807, 2.05) is 30.3 Å². The van der Waals surface area contributed by atoms with Gasteiger partial charge >= 0.3 is 11.9 Å². The Morgan fingerprint density at radius 3 is 2.58 bits per heavy atom. The average molecular weight is 351 g/mol. The molecule has 0 radical (unpaired) electrons. The second-order valence-electron chi connectivity index (χ2n) is 5.81. The van der Waals surface area contributed by atoms with E-state index < -0.39 is 23.9 Å². The van der Waals surface area contributed by atoms with Crippen molar-refractivity contribution in [3.05, 3.63) is 30.3 Å². The molecule has 1 aromatic carbocycles. The number of ether oxygens (including phenoxy) is 1. The van der Waals surface area contributed by atoms with E-state index >= 15 is 0 Å². The summed E-state index contributed by atoms with van der Waals surface area (Å²) in [7, 11) is 1.27. The Hall–Kier alpha value is -2.02. The molecular weight excluding hydrogens is 330 g/mol. The number of likely N-dealkylation sites (tertiary alicyclic amines) is 1. The van der Waals surface area contributed by atoms with Gasteiger partial charge in [-0.2, -0.15) is 0 Å². The maximum atomic E-state index is 12.6. The molecule has 6 nitrogen and oxygen atoms in total. The number of esters is 1. The number of nitrogens with zero attached hydrogens (tertiary/aromatic N) is 1. The van der Waals surface area contributed by atoms with Crippen LogP contribution < -0.4 is 0 Å². The Kier molecular flexibility index (Phi) is 6.25. The van der Waals surface area contributed by atoms with Crippen molar-refractivity contribution >= 4 is 29.6 Å². The highest BCUT2D eigenvalue weighted by molar-refractivity contribution is 8.00. The van der Waals surface area contributed by atoms with Crippen LogP contribution in [0.1, 0.15) is 19.8 Å². The molecule has 2 rings (SSSR count). The fourth-order valence-corrected chi connectivity index (χ4v) is 3.97. The molecule has 1 saturated heterocycles. The first-order chi connectivity index (χ1) is 11.4. The highest BCUT2D eigenvalue weighted by Crippen LogP contribution is 2.33. The molecule has 3 atom stereocenters. The van der Waals surface area contributed by atoms with Crippen LogP contribution in [0.5, 0.6) is 0 Å². The largest absolute Gasteiger partial charge is 0.480 e. The molecule has 1 fully saturated rings. The molecule has 0 bridgehead atoms. The van der Waals surface area contributed by atoms with Gasteiger partial charge in [-0.05, 0) is 18.6 Å². The number of carbonyl (C=O) groups excluding carboxylic acids is 2. The zero-order valence-electron chi connectivity index (χ0n) is 13.7. The molecule has 1 unspecified atom stereocenters. The topological polar surface area (TPSA) is 83.9 Å². The Bertz CT molecular complexity index is 606. The standard InChI is InChI=1S/C17H21NO5S/c1-11(8-15(19)23-2)16(20)18-10-13(9-14(18)17(21)22)24-12-6-4-3-5-7-12/h3-7,11,13-14H,8-10H2,1-2H3,(H,21,22)/t11-,13?,14+/m1/s1. The van der Waals surface area contributed by atoms with Gasteiger partial charge in [0.05, 0.1) is 13.5 Å². The average Bonchev–Trinajstić information content (AvgIpc) is 2.98. The van der Waals surface area contributed by atoms with Crippen LogP contribution in [-0.2, 0) is 19.1 Å². The molecule has 1 aliphatic rings. The number of carboxylic acid groups (broad SMARTS) is 1. The molecule has 0 saturated carbocycles. The van der Waals surface area contributed by atoms with E-state index in [-0.39, 0.29) is 17.6 Å². The maximum Gasteiger partial charge on any atom is 0.326 e. The molecular formula is C17H21NO5S. The summed E-state index contributed by atoms with van der Waals surface area (Å²) in [5, 5.41) is 9.45. The third-order valence-electron chi connectivity index (χ3n) is 4.00. The number of benzene rings is 1. The number of methoxy groups -OCH3 is 1. The molecule has 1 amide bonds. The molecule has 1 heterocycles. The van der Waals surface area contributed by atoms with Crippen LogP contribution in [0.2, 0.25) is 0 Å². The SMILES string of the molecule is COC(=O)C[C@@H](C)C(=O)N1CC(Sc2ccccc2)C[C@H]1C(=O)O. The highest BCUT2D eigenvalue weighted by Gasteiger charge is 2.41. The first-order valence-electron chi connectivity index (χ1n) is 7.74. The minimum absolute atomic E-state index is 0.0165. The van der Waals surface area contributed by atoms with Gasteiger partial charge in [0.25, 0.3) is 0 Å². The van der Waals surface area contributed by atoms with Crippen molar-refractivity contribution in [3.63, 3.8) is 0 Å². The third kappa shape index (κ3) is 4.50. The number of hydrogen-bond acceptors (Lipinski definition) is 5. The number of thioether (sulfide) groups is 1. The molecule has 0 aromatic heterocycles. The quantitative estimate of drug-likeness (QED) is 0.790. The normalized spacial score (nSPS) is 21.3. The van der Waals surface area contributed by atoms with Gasteiger partial charge in [-0.25, -0.2) is 4.79 Å². The van der Waals surface area contributed by atoms with Crippen molar-refractivity contribution in [2.45, 2.75) is 36.0 Å². The Labute approximate surface area is 145 Å². The predicted octanol–water partition coefficient (Wildman–Crippen LogP) is 2.03. The van der Waals surface area contributed by atoms with Crippen LogP contribution in [0.25, 0.3) is 0 Å². The van der Waals surface area contributed by atoms with Gasteiger partial charge in [0, 0.05) is 22.6 Å². The Morgan fingerprint density at radius 1 is 1.33 bits per heavy atom. The van der Waals surface area contributed by atoms with E-state index in [9.17, 15) is 19.5 Å².